The van der Waals surface area contributed by atoms with Gasteiger partial charge in [0.2, 0.25) is 0 Å². The van der Waals surface area contributed by atoms with E-state index in [1.54, 1.807) is 0 Å². The van der Waals surface area contributed by atoms with Crippen LogP contribution in [-0.2, 0) is 0 Å². The largest absolute Gasteiger partial charge is 0.370 e. The Morgan fingerprint density at radius 2 is 1.64 bits per heavy atom. The number of pyridine rings is 1. The maximum Gasteiger partial charge on any atom is 0.174 e. The number of thiocarbonyl (C=S) groups is 1. The van der Waals surface area contributed by atoms with Crippen molar-refractivity contribution in [2.24, 2.45) is 11.8 Å². The van der Waals surface area contributed by atoms with Crippen LogP contribution in [0.4, 0.5) is 11.4 Å². The van der Waals surface area contributed by atoms with Gasteiger partial charge in [-0.1, -0.05) is 49.2 Å². The summed E-state index contributed by atoms with van der Waals surface area (Å²) in [4.78, 5) is 9.42. The first kappa shape index (κ1) is 29.0. The second kappa shape index (κ2) is 11.6. The van der Waals surface area contributed by atoms with E-state index in [-0.39, 0.29) is 12.1 Å². The summed E-state index contributed by atoms with van der Waals surface area (Å²) in [6, 6.07) is 20.2. The molecule has 2 saturated heterocycles. The molecular weight excluding hydrogens is 581 g/mol. The molecule has 6 rings (SSSR count). The number of halogens is 2. The smallest absolute Gasteiger partial charge is 0.174 e. The van der Waals surface area contributed by atoms with E-state index in [4.69, 9.17) is 40.4 Å². The highest BCUT2D eigenvalue weighted by Gasteiger charge is 2.43. The van der Waals surface area contributed by atoms with Crippen LogP contribution < -0.4 is 15.1 Å². The van der Waals surface area contributed by atoms with Crippen molar-refractivity contribution in [1.29, 1.82) is 0 Å². The van der Waals surface area contributed by atoms with Gasteiger partial charge in [0.15, 0.2) is 5.11 Å². The highest BCUT2D eigenvalue weighted by atomic mass is 35.5. The zero-order valence-corrected chi connectivity index (χ0v) is 27.1. The number of rotatable bonds is 5. The molecule has 42 heavy (non-hydrogen) atoms. The Balaban J connectivity index is 1.47. The van der Waals surface area contributed by atoms with Crippen molar-refractivity contribution >= 4 is 51.9 Å². The maximum absolute atomic E-state index is 7.06. The second-order valence-electron chi connectivity index (χ2n) is 12.0. The van der Waals surface area contributed by atoms with Gasteiger partial charge in [0.25, 0.3) is 0 Å². The average Bonchev–Trinajstić information content (AvgIpc) is 3.40. The number of anilines is 2. The van der Waals surface area contributed by atoms with Gasteiger partial charge in [-0.2, -0.15) is 0 Å². The second-order valence-corrected chi connectivity index (χ2v) is 13.2. The summed E-state index contributed by atoms with van der Waals surface area (Å²) < 4.78 is 2.29. The number of nitrogens with one attached hydrogen (secondary N) is 1. The summed E-state index contributed by atoms with van der Waals surface area (Å²) in [7, 11) is 0. The minimum atomic E-state index is -0.145. The predicted octanol–water partition coefficient (Wildman–Crippen LogP) is 8.76. The van der Waals surface area contributed by atoms with Crippen molar-refractivity contribution in [1.82, 2.24) is 14.9 Å². The molecule has 0 aliphatic carbocycles. The Morgan fingerprint density at radius 1 is 0.881 bits per heavy atom. The van der Waals surface area contributed by atoms with Crippen LogP contribution >= 0.6 is 35.4 Å². The van der Waals surface area contributed by atoms with Gasteiger partial charge in [0.05, 0.1) is 28.5 Å². The molecular formula is C34H37Cl2N5S. The normalized spacial score (nSPS) is 22.5. The summed E-state index contributed by atoms with van der Waals surface area (Å²) >= 11 is 19.5. The van der Waals surface area contributed by atoms with Crippen molar-refractivity contribution in [2.75, 3.05) is 22.9 Å². The van der Waals surface area contributed by atoms with Crippen LogP contribution in [0.15, 0.2) is 66.9 Å². The minimum Gasteiger partial charge on any atom is -0.370 e. The third-order valence-electron chi connectivity index (χ3n) is 8.89. The van der Waals surface area contributed by atoms with E-state index in [0.29, 0.717) is 22.0 Å². The first-order chi connectivity index (χ1) is 20.1. The van der Waals surface area contributed by atoms with Crippen LogP contribution in [0.5, 0.6) is 0 Å². The third kappa shape index (κ3) is 5.18. The number of benzene rings is 2. The molecule has 2 aliphatic rings. The zero-order chi connectivity index (χ0) is 29.7. The van der Waals surface area contributed by atoms with Crippen LogP contribution in [-0.4, -0.2) is 27.8 Å². The van der Waals surface area contributed by atoms with Crippen molar-refractivity contribution in [3.05, 3.63) is 105 Å². The molecule has 0 spiro atoms. The maximum atomic E-state index is 7.06. The Bertz CT molecular complexity index is 1620. The molecule has 218 valence electrons. The van der Waals surface area contributed by atoms with Crippen molar-refractivity contribution in [2.45, 2.75) is 53.1 Å². The molecule has 2 aromatic heterocycles. The molecule has 2 aromatic carbocycles. The van der Waals surface area contributed by atoms with E-state index in [1.807, 2.05) is 36.5 Å². The fourth-order valence-electron chi connectivity index (χ4n) is 7.13. The first-order valence-electron chi connectivity index (χ1n) is 14.6. The molecule has 4 heterocycles. The van der Waals surface area contributed by atoms with Crippen LogP contribution in [0.3, 0.4) is 0 Å². The van der Waals surface area contributed by atoms with Crippen molar-refractivity contribution < 1.29 is 0 Å². The van der Waals surface area contributed by atoms with Gasteiger partial charge >= 0.3 is 0 Å². The Kier molecular flexibility index (Phi) is 7.99. The zero-order valence-electron chi connectivity index (χ0n) is 24.7. The van der Waals surface area contributed by atoms with Crippen molar-refractivity contribution in [3.8, 4) is 5.69 Å². The third-order valence-corrected chi connectivity index (χ3v) is 9.74. The predicted molar refractivity (Wildman–Crippen MR) is 180 cm³/mol. The number of nitrogens with zero attached hydrogens (tertiary/aromatic N) is 4. The van der Waals surface area contributed by atoms with Gasteiger partial charge in [0, 0.05) is 52.6 Å². The molecule has 0 saturated carbocycles. The number of piperidine rings is 1. The molecule has 8 heteroatoms. The highest BCUT2D eigenvalue weighted by molar-refractivity contribution is 7.80. The Morgan fingerprint density at radius 3 is 2.31 bits per heavy atom. The summed E-state index contributed by atoms with van der Waals surface area (Å²) in [6.45, 7) is 13.2. The van der Waals surface area contributed by atoms with Gasteiger partial charge in [-0.15, -0.1) is 0 Å². The highest BCUT2D eigenvalue weighted by Crippen LogP contribution is 2.46. The monoisotopic (exact) mass is 617 g/mol. The number of hydrogen-bond acceptors (Lipinski definition) is 3. The van der Waals surface area contributed by atoms with Gasteiger partial charge < -0.3 is 19.7 Å². The molecule has 2 aliphatic heterocycles. The SMILES string of the molecule is Cc1c([C@@H]2[C@@H](c3ccccn3)NC(=S)N2c2ccc(N3C[C@H](C)C[C@H](C)C3)c(Cl)c2)c(C)n(-c2cccc(Cl)c2)c1C. The molecule has 5 nitrogen and oxygen atoms in total. The lowest BCUT2D eigenvalue weighted by molar-refractivity contribution is 0.357. The lowest BCUT2D eigenvalue weighted by Gasteiger charge is -2.37. The first-order valence-corrected chi connectivity index (χ1v) is 15.8. The van der Waals surface area contributed by atoms with E-state index < -0.39 is 0 Å². The van der Waals surface area contributed by atoms with Crippen LogP contribution in [0, 0.1) is 32.6 Å². The van der Waals surface area contributed by atoms with Gasteiger partial charge in [-0.25, -0.2) is 0 Å². The average molecular weight is 619 g/mol. The van der Waals surface area contributed by atoms with E-state index in [0.717, 1.165) is 46.6 Å². The van der Waals surface area contributed by atoms with E-state index >= 15 is 0 Å². The standard InChI is InChI=1S/C34H37Cl2N5S/c1-20-15-21(2)19-39(18-20)30-13-12-27(17-28(30)36)41-33(32(38-34(41)42)29-11-6-7-14-37-29)31-22(3)23(4)40(24(31)5)26-10-8-9-25(35)16-26/h6-14,16-17,20-21,32-33H,15,18-19H2,1-5H3,(H,38,42)/t20-,21+,32-,33-/m1/s1. The Hall–Kier alpha value is -3.06. The fraction of sp³-hybridized carbons (Fsp3) is 0.353. The summed E-state index contributed by atoms with van der Waals surface area (Å²) in [5, 5.41) is 5.74. The number of aromatic nitrogens is 2. The molecule has 2 fully saturated rings. The van der Waals surface area contributed by atoms with E-state index in [9.17, 15) is 0 Å². The lowest BCUT2D eigenvalue weighted by Crippen LogP contribution is -2.38. The quantitative estimate of drug-likeness (QED) is 0.226. The molecule has 0 radical (unpaired) electrons. The van der Waals surface area contributed by atoms with Crippen LogP contribution in [0.2, 0.25) is 10.0 Å². The Labute approximate surface area is 264 Å². The lowest BCUT2D eigenvalue weighted by atomic mass is 9.91. The topological polar surface area (TPSA) is 36.3 Å². The molecule has 1 N–H and O–H groups in total. The summed E-state index contributed by atoms with van der Waals surface area (Å²) in [5.41, 5.74) is 8.79. The van der Waals surface area contributed by atoms with Gasteiger partial charge in [-0.05, 0) is 105 Å². The summed E-state index contributed by atoms with van der Waals surface area (Å²) in [5.74, 6) is 1.28. The van der Waals surface area contributed by atoms with Crippen LogP contribution in [0.1, 0.15) is 60.6 Å². The van der Waals surface area contributed by atoms with E-state index in [1.165, 1.54) is 23.2 Å². The van der Waals surface area contributed by atoms with Gasteiger partial charge in [0.1, 0.15) is 0 Å². The summed E-state index contributed by atoms with van der Waals surface area (Å²) in [6.07, 6.45) is 3.09. The van der Waals surface area contributed by atoms with Gasteiger partial charge in [-0.3, -0.25) is 4.98 Å². The molecule has 0 amide bonds. The van der Waals surface area contributed by atoms with Crippen molar-refractivity contribution in [3.63, 3.8) is 0 Å². The minimum absolute atomic E-state index is 0.136. The molecule has 0 bridgehead atoms. The van der Waals surface area contributed by atoms with Crippen LogP contribution in [0.25, 0.3) is 5.69 Å². The number of hydrogen-bond donors (Lipinski definition) is 1. The fourth-order valence-corrected chi connectivity index (χ4v) is 7.96. The molecule has 0 unspecified atom stereocenters. The molecule has 4 atom stereocenters. The van der Waals surface area contributed by atoms with E-state index in [2.05, 4.69) is 84.6 Å². The molecule has 4 aromatic rings.